The van der Waals surface area contributed by atoms with Crippen molar-refractivity contribution in [2.45, 2.75) is 12.1 Å². The molecule has 4 heteroatoms. The molecule has 0 saturated heterocycles. The number of nitrogens with zero attached hydrogens (tertiary/aromatic N) is 1. The minimum absolute atomic E-state index is 0.0138. The van der Waals surface area contributed by atoms with Crippen molar-refractivity contribution in [1.29, 1.82) is 0 Å². The van der Waals surface area contributed by atoms with Crippen molar-refractivity contribution >= 4 is 0 Å². The second kappa shape index (κ2) is 5.49. The van der Waals surface area contributed by atoms with Crippen molar-refractivity contribution in [2.24, 2.45) is 0 Å². The van der Waals surface area contributed by atoms with Crippen LogP contribution in [0.2, 0.25) is 0 Å². The van der Waals surface area contributed by atoms with Crippen molar-refractivity contribution in [1.82, 2.24) is 4.90 Å². The van der Waals surface area contributed by atoms with E-state index >= 15 is 0 Å². The van der Waals surface area contributed by atoms with Gasteiger partial charge in [0.1, 0.15) is 18.5 Å². The van der Waals surface area contributed by atoms with Crippen LogP contribution in [0.1, 0.15) is 11.7 Å². The third kappa shape index (κ3) is 2.60. The van der Waals surface area contributed by atoms with E-state index in [-0.39, 0.29) is 6.04 Å². The van der Waals surface area contributed by atoms with Crippen LogP contribution in [-0.4, -0.2) is 50.0 Å². The van der Waals surface area contributed by atoms with Gasteiger partial charge >= 0.3 is 0 Å². The van der Waals surface area contributed by atoms with Gasteiger partial charge in [-0.15, -0.1) is 0 Å². The molecule has 94 valence electrons. The molecule has 0 aromatic heterocycles. The molecule has 1 N–H and O–H groups in total. The standard InChI is InChI=1S/C13H19NO3/c1-14(7-8-16-2)11-9-17-12-6-4-3-5-10(12)13(11)15/h3-6,11,13,15H,7-9H2,1-2H3. The summed E-state index contributed by atoms with van der Waals surface area (Å²) in [6.07, 6.45) is -0.498. The zero-order chi connectivity index (χ0) is 12.3. The van der Waals surface area contributed by atoms with Crippen LogP contribution in [0.3, 0.4) is 0 Å². The SMILES string of the molecule is COCCN(C)C1COc2ccccc2C1O. The van der Waals surface area contributed by atoms with Gasteiger partial charge in [-0.05, 0) is 13.1 Å². The van der Waals surface area contributed by atoms with Gasteiger partial charge in [0.2, 0.25) is 0 Å². The van der Waals surface area contributed by atoms with Gasteiger partial charge < -0.3 is 14.6 Å². The van der Waals surface area contributed by atoms with Gasteiger partial charge in [0.15, 0.2) is 0 Å². The average Bonchev–Trinajstić information content (AvgIpc) is 2.37. The first kappa shape index (κ1) is 12.4. The fourth-order valence-corrected chi connectivity index (χ4v) is 2.10. The predicted octanol–water partition coefficient (Wildman–Crippen LogP) is 1.06. The summed E-state index contributed by atoms with van der Waals surface area (Å²) in [4.78, 5) is 2.07. The van der Waals surface area contributed by atoms with Crippen LogP contribution >= 0.6 is 0 Å². The molecule has 17 heavy (non-hydrogen) atoms. The number of fused-ring (bicyclic) bond motifs is 1. The maximum atomic E-state index is 10.3. The van der Waals surface area contributed by atoms with E-state index in [9.17, 15) is 5.11 Å². The summed E-state index contributed by atoms with van der Waals surface area (Å²) in [6.45, 7) is 1.95. The van der Waals surface area contributed by atoms with E-state index in [2.05, 4.69) is 4.90 Å². The quantitative estimate of drug-likeness (QED) is 0.850. The number of hydrogen-bond donors (Lipinski definition) is 1. The molecule has 0 saturated carbocycles. The fourth-order valence-electron chi connectivity index (χ4n) is 2.10. The zero-order valence-electron chi connectivity index (χ0n) is 10.3. The van der Waals surface area contributed by atoms with Crippen LogP contribution in [-0.2, 0) is 4.74 Å². The minimum atomic E-state index is -0.498. The van der Waals surface area contributed by atoms with Crippen molar-refractivity contribution < 1.29 is 14.6 Å². The van der Waals surface area contributed by atoms with Crippen molar-refractivity contribution in [3.8, 4) is 5.75 Å². The van der Waals surface area contributed by atoms with Crippen LogP contribution in [0.4, 0.5) is 0 Å². The molecule has 2 rings (SSSR count). The Morgan fingerprint density at radius 3 is 3.00 bits per heavy atom. The zero-order valence-corrected chi connectivity index (χ0v) is 10.3. The summed E-state index contributed by atoms with van der Waals surface area (Å²) in [6, 6.07) is 7.63. The predicted molar refractivity (Wildman–Crippen MR) is 65.2 cm³/mol. The van der Waals surface area contributed by atoms with Gasteiger partial charge in [0.25, 0.3) is 0 Å². The Labute approximate surface area is 102 Å². The largest absolute Gasteiger partial charge is 0.491 e. The average molecular weight is 237 g/mol. The van der Waals surface area contributed by atoms with Gasteiger partial charge in [-0.1, -0.05) is 18.2 Å². The van der Waals surface area contributed by atoms with E-state index in [1.165, 1.54) is 0 Å². The molecule has 0 radical (unpaired) electrons. The van der Waals surface area contributed by atoms with Gasteiger partial charge in [0.05, 0.1) is 12.6 Å². The molecule has 1 aliphatic heterocycles. The summed E-state index contributed by atoms with van der Waals surface area (Å²) < 4.78 is 10.7. The Morgan fingerprint density at radius 1 is 1.47 bits per heavy atom. The molecule has 1 aliphatic rings. The van der Waals surface area contributed by atoms with Crippen molar-refractivity contribution in [3.63, 3.8) is 0 Å². The Balaban J connectivity index is 2.08. The van der Waals surface area contributed by atoms with Crippen molar-refractivity contribution in [3.05, 3.63) is 29.8 Å². The topological polar surface area (TPSA) is 41.9 Å². The molecule has 0 fully saturated rings. The molecule has 2 unspecified atom stereocenters. The lowest BCUT2D eigenvalue weighted by Gasteiger charge is -2.36. The lowest BCUT2D eigenvalue weighted by atomic mass is 9.98. The third-order valence-electron chi connectivity index (χ3n) is 3.23. The second-order valence-corrected chi connectivity index (χ2v) is 4.33. The first-order chi connectivity index (χ1) is 8.24. The lowest BCUT2D eigenvalue weighted by Crippen LogP contribution is -2.45. The van der Waals surface area contributed by atoms with E-state index in [0.717, 1.165) is 17.9 Å². The highest BCUT2D eigenvalue weighted by Gasteiger charge is 2.31. The van der Waals surface area contributed by atoms with Crippen molar-refractivity contribution in [2.75, 3.05) is 33.9 Å². The first-order valence-electron chi connectivity index (χ1n) is 5.83. The second-order valence-electron chi connectivity index (χ2n) is 4.33. The monoisotopic (exact) mass is 237 g/mol. The molecule has 4 nitrogen and oxygen atoms in total. The van der Waals surface area contributed by atoms with E-state index in [0.29, 0.717) is 13.2 Å². The molecule has 1 heterocycles. The number of hydrogen-bond acceptors (Lipinski definition) is 4. The third-order valence-corrected chi connectivity index (χ3v) is 3.23. The van der Waals surface area contributed by atoms with Crippen LogP contribution in [0.25, 0.3) is 0 Å². The fraction of sp³-hybridized carbons (Fsp3) is 0.538. The number of likely N-dealkylation sites (N-methyl/N-ethyl adjacent to an activating group) is 1. The molecule has 2 atom stereocenters. The van der Waals surface area contributed by atoms with Crippen LogP contribution in [0, 0.1) is 0 Å². The van der Waals surface area contributed by atoms with E-state index in [1.807, 2.05) is 31.3 Å². The van der Waals surface area contributed by atoms with Crippen LogP contribution in [0.5, 0.6) is 5.75 Å². The Hall–Kier alpha value is -1.10. The molecule has 0 aliphatic carbocycles. The summed E-state index contributed by atoms with van der Waals surface area (Å²) in [5.74, 6) is 0.788. The van der Waals surface area contributed by atoms with Crippen LogP contribution in [0.15, 0.2) is 24.3 Å². The van der Waals surface area contributed by atoms with Gasteiger partial charge in [0, 0.05) is 19.2 Å². The van der Waals surface area contributed by atoms with E-state index in [4.69, 9.17) is 9.47 Å². The molecule has 0 spiro atoms. The number of aliphatic hydroxyl groups excluding tert-OH is 1. The summed E-state index contributed by atoms with van der Waals surface area (Å²) in [5, 5.41) is 10.3. The number of methoxy groups -OCH3 is 1. The van der Waals surface area contributed by atoms with E-state index < -0.39 is 6.10 Å². The van der Waals surface area contributed by atoms with Gasteiger partial charge in [-0.3, -0.25) is 4.90 Å². The number of benzene rings is 1. The first-order valence-corrected chi connectivity index (χ1v) is 5.83. The summed E-state index contributed by atoms with van der Waals surface area (Å²) in [7, 11) is 3.65. The Morgan fingerprint density at radius 2 is 2.24 bits per heavy atom. The maximum absolute atomic E-state index is 10.3. The Kier molecular flexibility index (Phi) is 3.99. The molecule has 0 bridgehead atoms. The number of para-hydroxylation sites is 1. The smallest absolute Gasteiger partial charge is 0.125 e. The molecule has 0 amide bonds. The maximum Gasteiger partial charge on any atom is 0.125 e. The number of ether oxygens (including phenoxy) is 2. The summed E-state index contributed by atoms with van der Waals surface area (Å²) in [5.41, 5.74) is 0.869. The number of rotatable bonds is 4. The Bertz CT molecular complexity index is 369. The lowest BCUT2D eigenvalue weighted by molar-refractivity contribution is 0.00636. The van der Waals surface area contributed by atoms with Gasteiger partial charge in [-0.25, -0.2) is 0 Å². The van der Waals surface area contributed by atoms with Crippen LogP contribution < -0.4 is 4.74 Å². The minimum Gasteiger partial charge on any atom is -0.491 e. The molecular formula is C13H19NO3. The highest BCUT2D eigenvalue weighted by atomic mass is 16.5. The summed E-state index contributed by atoms with van der Waals surface area (Å²) >= 11 is 0. The number of aliphatic hydroxyl groups is 1. The highest BCUT2D eigenvalue weighted by molar-refractivity contribution is 5.37. The van der Waals surface area contributed by atoms with E-state index in [1.54, 1.807) is 7.11 Å². The molecule has 1 aromatic rings. The normalized spacial score (nSPS) is 23.3. The molecule has 1 aromatic carbocycles. The highest BCUT2D eigenvalue weighted by Crippen LogP contribution is 2.33. The van der Waals surface area contributed by atoms with Gasteiger partial charge in [-0.2, -0.15) is 0 Å². The molecular weight excluding hydrogens is 218 g/mol.